The quantitative estimate of drug-likeness (QED) is 0.642. The highest BCUT2D eigenvalue weighted by molar-refractivity contribution is 6.20. The lowest BCUT2D eigenvalue weighted by atomic mass is 10.1. The summed E-state index contributed by atoms with van der Waals surface area (Å²) in [6.45, 7) is 2.41. The van der Waals surface area contributed by atoms with E-state index in [4.69, 9.17) is 16.7 Å². The molecular weight excluding hydrogens is 242 g/mol. The molecule has 1 aromatic rings. The lowest BCUT2D eigenvalue weighted by Gasteiger charge is -2.18. The fourth-order valence-corrected chi connectivity index (χ4v) is 1.45. The number of hydrogen-bond acceptors (Lipinski definition) is 3. The molecule has 0 bridgehead atoms. The van der Waals surface area contributed by atoms with Crippen LogP contribution in [0.2, 0.25) is 0 Å². The molecule has 0 aliphatic rings. The number of benzene rings is 1. The van der Waals surface area contributed by atoms with Gasteiger partial charge in [-0.15, -0.1) is 11.6 Å². The molecule has 0 aliphatic heterocycles. The van der Waals surface area contributed by atoms with Gasteiger partial charge in [-0.3, -0.25) is 4.79 Å². The normalized spacial score (nSPS) is 12.2. The molecule has 4 nitrogen and oxygen atoms in total. The van der Waals surface area contributed by atoms with Gasteiger partial charge in [-0.25, -0.2) is 0 Å². The van der Waals surface area contributed by atoms with Crippen LogP contribution in [0.1, 0.15) is 23.7 Å². The van der Waals surface area contributed by atoms with E-state index in [1.165, 1.54) is 23.1 Å². The molecule has 0 saturated heterocycles. The van der Waals surface area contributed by atoms with E-state index in [1.54, 1.807) is 7.05 Å². The predicted octanol–water partition coefficient (Wildman–Crippen LogP) is 2.19. The van der Waals surface area contributed by atoms with Crippen molar-refractivity contribution in [3.8, 4) is 11.5 Å². The second kappa shape index (κ2) is 5.77. The number of carbonyl (C=O) groups is 1. The van der Waals surface area contributed by atoms with Crippen LogP contribution in [-0.4, -0.2) is 40.0 Å². The van der Waals surface area contributed by atoms with E-state index < -0.39 is 0 Å². The van der Waals surface area contributed by atoms with Crippen LogP contribution in [0.3, 0.4) is 0 Å². The average Bonchev–Trinajstić information content (AvgIpc) is 2.28. The lowest BCUT2D eigenvalue weighted by molar-refractivity contribution is 0.0793. The largest absolute Gasteiger partial charge is 0.504 e. The molecule has 0 saturated carbocycles. The number of aromatic hydroxyl groups is 2. The molecule has 1 unspecified atom stereocenters. The maximum atomic E-state index is 11.9. The molecule has 2 N–H and O–H groups in total. The standard InChI is InChI=1S/C12H16ClNO3/c1-8(13)5-6-14(2)12(17)9-3-4-10(15)11(16)7-9/h3-4,7-8,15-16H,5-6H2,1-2H3. The minimum atomic E-state index is -0.296. The molecule has 17 heavy (non-hydrogen) atoms. The number of amides is 1. The number of phenols is 2. The van der Waals surface area contributed by atoms with Gasteiger partial charge in [0.25, 0.3) is 5.91 Å². The third-order valence-electron chi connectivity index (χ3n) is 2.43. The third-order valence-corrected chi connectivity index (χ3v) is 2.65. The highest BCUT2D eigenvalue weighted by atomic mass is 35.5. The summed E-state index contributed by atoms with van der Waals surface area (Å²) in [6, 6.07) is 4.01. The zero-order valence-corrected chi connectivity index (χ0v) is 10.6. The van der Waals surface area contributed by atoms with Gasteiger partial charge in [-0.2, -0.15) is 0 Å². The topological polar surface area (TPSA) is 60.8 Å². The van der Waals surface area contributed by atoms with Crippen molar-refractivity contribution in [2.45, 2.75) is 18.7 Å². The van der Waals surface area contributed by atoms with Crippen molar-refractivity contribution >= 4 is 17.5 Å². The summed E-state index contributed by atoms with van der Waals surface area (Å²) < 4.78 is 0. The number of phenolic OH excluding ortho intramolecular Hbond substituents is 2. The Bertz CT molecular complexity index is 407. The molecule has 0 heterocycles. The Morgan fingerprint density at radius 3 is 2.59 bits per heavy atom. The van der Waals surface area contributed by atoms with E-state index in [0.717, 1.165) is 0 Å². The summed E-state index contributed by atoms with van der Waals surface area (Å²) in [5.74, 6) is -0.744. The minimum Gasteiger partial charge on any atom is -0.504 e. The van der Waals surface area contributed by atoms with Crippen LogP contribution in [0.5, 0.6) is 11.5 Å². The van der Waals surface area contributed by atoms with E-state index in [2.05, 4.69) is 0 Å². The first-order valence-electron chi connectivity index (χ1n) is 5.33. The van der Waals surface area contributed by atoms with Crippen LogP contribution in [0.15, 0.2) is 18.2 Å². The molecule has 0 radical (unpaired) electrons. The van der Waals surface area contributed by atoms with Gasteiger partial charge in [0, 0.05) is 24.5 Å². The first kappa shape index (κ1) is 13.6. The molecule has 0 aliphatic carbocycles. The Balaban J connectivity index is 2.71. The van der Waals surface area contributed by atoms with E-state index >= 15 is 0 Å². The Labute approximate surface area is 105 Å². The fourth-order valence-electron chi connectivity index (χ4n) is 1.35. The highest BCUT2D eigenvalue weighted by Crippen LogP contribution is 2.25. The maximum absolute atomic E-state index is 11.9. The minimum absolute atomic E-state index is 0.0125. The van der Waals surface area contributed by atoms with Gasteiger partial charge < -0.3 is 15.1 Å². The molecule has 0 aromatic heterocycles. The number of carbonyl (C=O) groups excluding carboxylic acids is 1. The van der Waals surface area contributed by atoms with Crippen molar-refractivity contribution in [1.29, 1.82) is 0 Å². The predicted molar refractivity (Wildman–Crippen MR) is 66.7 cm³/mol. The molecule has 5 heteroatoms. The van der Waals surface area contributed by atoms with Crippen molar-refractivity contribution < 1.29 is 15.0 Å². The summed E-state index contributed by atoms with van der Waals surface area (Å²) in [6.07, 6.45) is 0.702. The van der Waals surface area contributed by atoms with Crippen molar-refractivity contribution in [3.05, 3.63) is 23.8 Å². The van der Waals surface area contributed by atoms with Gasteiger partial charge in [0.1, 0.15) is 0 Å². The van der Waals surface area contributed by atoms with Crippen LogP contribution in [0.25, 0.3) is 0 Å². The average molecular weight is 258 g/mol. The maximum Gasteiger partial charge on any atom is 0.253 e. The van der Waals surface area contributed by atoms with Gasteiger partial charge in [0.2, 0.25) is 0 Å². The van der Waals surface area contributed by atoms with Crippen molar-refractivity contribution in [2.24, 2.45) is 0 Å². The molecule has 1 rings (SSSR count). The molecule has 1 aromatic carbocycles. The zero-order valence-electron chi connectivity index (χ0n) is 9.85. The summed E-state index contributed by atoms with van der Waals surface area (Å²) >= 11 is 5.81. The summed E-state index contributed by atoms with van der Waals surface area (Å²) in [5, 5.41) is 18.5. The monoisotopic (exact) mass is 257 g/mol. The number of hydrogen-bond donors (Lipinski definition) is 2. The summed E-state index contributed by atoms with van der Waals surface area (Å²) in [5.41, 5.74) is 0.338. The molecular formula is C12H16ClNO3. The van der Waals surface area contributed by atoms with Crippen LogP contribution >= 0.6 is 11.6 Å². The second-order valence-corrected chi connectivity index (χ2v) is 4.74. The van der Waals surface area contributed by atoms with E-state index in [1.807, 2.05) is 6.92 Å². The SMILES string of the molecule is CC(Cl)CCN(C)C(=O)c1ccc(O)c(O)c1. The van der Waals surface area contributed by atoms with E-state index in [0.29, 0.717) is 18.5 Å². The highest BCUT2D eigenvalue weighted by Gasteiger charge is 2.13. The molecule has 0 fully saturated rings. The lowest BCUT2D eigenvalue weighted by Crippen LogP contribution is -2.28. The number of nitrogens with zero attached hydrogens (tertiary/aromatic N) is 1. The summed E-state index contributed by atoms with van der Waals surface area (Å²) in [4.78, 5) is 13.4. The van der Waals surface area contributed by atoms with Gasteiger partial charge in [-0.05, 0) is 31.5 Å². The van der Waals surface area contributed by atoms with Gasteiger partial charge in [-0.1, -0.05) is 0 Å². The van der Waals surface area contributed by atoms with Crippen molar-refractivity contribution in [3.63, 3.8) is 0 Å². The van der Waals surface area contributed by atoms with Crippen LogP contribution in [0.4, 0.5) is 0 Å². The molecule has 0 spiro atoms. The van der Waals surface area contributed by atoms with Crippen molar-refractivity contribution in [1.82, 2.24) is 4.90 Å². The molecule has 1 amide bonds. The summed E-state index contributed by atoms with van der Waals surface area (Å²) in [7, 11) is 1.67. The first-order chi connectivity index (χ1) is 7.91. The van der Waals surface area contributed by atoms with Crippen LogP contribution < -0.4 is 0 Å². The van der Waals surface area contributed by atoms with Crippen LogP contribution in [0, 0.1) is 0 Å². The Kier molecular flexibility index (Phi) is 4.63. The number of alkyl halides is 1. The Morgan fingerprint density at radius 1 is 1.41 bits per heavy atom. The van der Waals surface area contributed by atoms with Gasteiger partial charge >= 0.3 is 0 Å². The van der Waals surface area contributed by atoms with Gasteiger partial charge in [0.05, 0.1) is 0 Å². The second-order valence-electron chi connectivity index (χ2n) is 4.00. The zero-order chi connectivity index (χ0) is 13.0. The number of halogens is 1. The number of rotatable bonds is 4. The van der Waals surface area contributed by atoms with Crippen LogP contribution in [-0.2, 0) is 0 Å². The fraction of sp³-hybridized carbons (Fsp3) is 0.417. The first-order valence-corrected chi connectivity index (χ1v) is 5.77. The Hall–Kier alpha value is -1.42. The smallest absolute Gasteiger partial charge is 0.253 e. The van der Waals surface area contributed by atoms with E-state index in [-0.39, 0.29) is 22.8 Å². The Morgan fingerprint density at radius 2 is 2.06 bits per heavy atom. The molecule has 94 valence electrons. The van der Waals surface area contributed by atoms with E-state index in [9.17, 15) is 9.90 Å². The van der Waals surface area contributed by atoms with Gasteiger partial charge in [0.15, 0.2) is 11.5 Å². The third kappa shape index (κ3) is 3.82. The molecule has 1 atom stereocenters. The van der Waals surface area contributed by atoms with Crippen molar-refractivity contribution in [2.75, 3.05) is 13.6 Å².